The molecule has 0 aliphatic heterocycles. The molecule has 5 heteroatoms. The third-order valence-electron chi connectivity index (χ3n) is 2.31. The van der Waals surface area contributed by atoms with Crippen LogP contribution in [0.2, 0.25) is 0 Å². The van der Waals surface area contributed by atoms with Crippen LogP contribution in [-0.2, 0) is 0 Å². The van der Waals surface area contributed by atoms with Gasteiger partial charge in [0.15, 0.2) is 0 Å². The maximum absolute atomic E-state index is 11.9. The number of thiazole rings is 1. The summed E-state index contributed by atoms with van der Waals surface area (Å²) in [6.07, 6.45) is 0. The zero-order chi connectivity index (χ0) is 13.7. The van der Waals surface area contributed by atoms with E-state index in [-0.39, 0.29) is 5.91 Å². The molecular weight excluding hydrogens is 258 g/mol. The molecule has 96 valence electrons. The van der Waals surface area contributed by atoms with E-state index in [4.69, 9.17) is 5.73 Å². The Morgan fingerprint density at radius 3 is 3.05 bits per heavy atom. The van der Waals surface area contributed by atoms with Crippen LogP contribution in [0.4, 0.5) is 5.69 Å². The molecule has 0 fully saturated rings. The van der Waals surface area contributed by atoms with Crippen LogP contribution >= 0.6 is 11.3 Å². The van der Waals surface area contributed by atoms with Crippen LogP contribution in [0.25, 0.3) is 0 Å². The molecule has 0 unspecified atom stereocenters. The smallest absolute Gasteiger partial charge is 0.275 e. The zero-order valence-corrected chi connectivity index (χ0v) is 11.3. The Labute approximate surface area is 115 Å². The van der Waals surface area contributed by atoms with Gasteiger partial charge in [-0.15, -0.1) is 11.3 Å². The summed E-state index contributed by atoms with van der Waals surface area (Å²) >= 11 is 1.45. The van der Waals surface area contributed by atoms with Gasteiger partial charge in [-0.2, -0.15) is 0 Å². The summed E-state index contributed by atoms with van der Waals surface area (Å²) in [5.74, 6) is 5.48. The fraction of sp³-hybridized carbons (Fsp3) is 0.143. The lowest BCUT2D eigenvalue weighted by Crippen LogP contribution is -2.12. The van der Waals surface area contributed by atoms with E-state index >= 15 is 0 Å². The Balaban J connectivity index is 2.13. The normalized spacial score (nSPS) is 9.58. The molecule has 2 rings (SSSR count). The van der Waals surface area contributed by atoms with Gasteiger partial charge >= 0.3 is 0 Å². The number of rotatable bonds is 2. The molecule has 4 nitrogen and oxygen atoms in total. The molecule has 0 bridgehead atoms. The van der Waals surface area contributed by atoms with E-state index in [0.29, 0.717) is 17.9 Å². The highest BCUT2D eigenvalue weighted by molar-refractivity contribution is 7.09. The van der Waals surface area contributed by atoms with Gasteiger partial charge in [0.1, 0.15) is 5.69 Å². The van der Waals surface area contributed by atoms with Crippen molar-refractivity contribution in [1.82, 2.24) is 4.98 Å². The van der Waals surface area contributed by atoms with Crippen molar-refractivity contribution >= 4 is 22.9 Å². The summed E-state index contributed by atoms with van der Waals surface area (Å²) in [4.78, 5) is 16.1. The molecule has 1 aromatic heterocycles. The average molecular weight is 271 g/mol. The van der Waals surface area contributed by atoms with Crippen molar-refractivity contribution in [3.05, 3.63) is 45.9 Å². The first-order valence-corrected chi connectivity index (χ1v) is 6.59. The number of nitrogens with zero attached hydrogens (tertiary/aromatic N) is 1. The van der Waals surface area contributed by atoms with E-state index in [2.05, 4.69) is 22.1 Å². The Bertz CT molecular complexity index is 652. The fourth-order valence-corrected chi connectivity index (χ4v) is 2.08. The Hall–Kier alpha value is -2.16. The molecule has 0 radical (unpaired) electrons. The van der Waals surface area contributed by atoms with Gasteiger partial charge in [-0.25, -0.2) is 4.98 Å². The van der Waals surface area contributed by atoms with Crippen molar-refractivity contribution < 1.29 is 4.79 Å². The van der Waals surface area contributed by atoms with Crippen molar-refractivity contribution in [3.63, 3.8) is 0 Å². The summed E-state index contributed by atoms with van der Waals surface area (Å²) in [5.41, 5.74) is 7.27. The maximum atomic E-state index is 11.9. The largest absolute Gasteiger partial charge is 0.321 e. The second-order valence-corrected chi connectivity index (χ2v) is 4.85. The van der Waals surface area contributed by atoms with E-state index in [9.17, 15) is 4.79 Å². The summed E-state index contributed by atoms with van der Waals surface area (Å²) < 4.78 is 0. The summed E-state index contributed by atoms with van der Waals surface area (Å²) in [6, 6.07) is 7.32. The quantitative estimate of drug-likeness (QED) is 0.821. The molecule has 1 heterocycles. The van der Waals surface area contributed by atoms with E-state index in [1.165, 1.54) is 11.3 Å². The van der Waals surface area contributed by atoms with Crippen molar-refractivity contribution in [2.45, 2.75) is 6.92 Å². The minimum absolute atomic E-state index is 0.215. The highest BCUT2D eigenvalue weighted by Crippen LogP contribution is 2.13. The van der Waals surface area contributed by atoms with Crippen molar-refractivity contribution in [1.29, 1.82) is 0 Å². The molecule has 0 atom stereocenters. The van der Waals surface area contributed by atoms with Gasteiger partial charge in [-0.3, -0.25) is 4.79 Å². The maximum Gasteiger partial charge on any atom is 0.275 e. The molecule has 2 aromatic rings. The number of amides is 1. The minimum Gasteiger partial charge on any atom is -0.321 e. The number of carbonyl (C=O) groups excluding carboxylic acids is 1. The number of hydrogen-bond donors (Lipinski definition) is 2. The van der Waals surface area contributed by atoms with Crippen LogP contribution in [-0.4, -0.2) is 17.4 Å². The SMILES string of the molecule is Cc1nc(C(=O)Nc2cccc(C#CCN)c2)cs1. The van der Waals surface area contributed by atoms with E-state index in [1.54, 1.807) is 11.4 Å². The topological polar surface area (TPSA) is 68.0 Å². The third-order valence-corrected chi connectivity index (χ3v) is 3.08. The van der Waals surface area contributed by atoms with Gasteiger partial charge in [0, 0.05) is 16.6 Å². The van der Waals surface area contributed by atoms with Crippen molar-refractivity contribution in [2.24, 2.45) is 5.73 Å². The standard InChI is InChI=1S/C14H13N3OS/c1-10-16-13(9-19-10)14(18)17-12-6-2-4-11(8-12)5-3-7-15/h2,4,6,8-9H,7,15H2,1H3,(H,17,18). The summed E-state index contributed by atoms with van der Waals surface area (Å²) in [5, 5.41) is 5.40. The van der Waals surface area contributed by atoms with Crippen LogP contribution in [0.1, 0.15) is 21.1 Å². The third kappa shape index (κ3) is 3.65. The first kappa shape index (κ1) is 13.3. The second kappa shape index (κ2) is 6.14. The monoisotopic (exact) mass is 271 g/mol. The molecule has 3 N–H and O–H groups in total. The van der Waals surface area contributed by atoms with E-state index in [1.807, 2.05) is 25.1 Å². The molecule has 1 amide bonds. The lowest BCUT2D eigenvalue weighted by atomic mass is 10.2. The van der Waals surface area contributed by atoms with E-state index < -0.39 is 0 Å². The second-order valence-electron chi connectivity index (χ2n) is 3.79. The minimum atomic E-state index is -0.215. The predicted molar refractivity (Wildman–Crippen MR) is 77.2 cm³/mol. The van der Waals surface area contributed by atoms with Gasteiger partial charge in [-0.05, 0) is 25.1 Å². The first-order valence-electron chi connectivity index (χ1n) is 5.71. The molecule has 0 saturated heterocycles. The highest BCUT2D eigenvalue weighted by atomic mass is 32.1. The highest BCUT2D eigenvalue weighted by Gasteiger charge is 2.09. The molecular formula is C14H13N3OS. The molecule has 0 spiro atoms. The number of aromatic nitrogens is 1. The van der Waals surface area contributed by atoms with Crippen LogP contribution in [0.3, 0.4) is 0 Å². The molecule has 1 aromatic carbocycles. The Kier molecular flexibility index (Phi) is 4.29. The number of nitrogens with one attached hydrogen (secondary N) is 1. The number of hydrogen-bond acceptors (Lipinski definition) is 4. The van der Waals surface area contributed by atoms with Gasteiger partial charge in [-0.1, -0.05) is 17.9 Å². The molecule has 0 aliphatic rings. The van der Waals surface area contributed by atoms with Crippen molar-refractivity contribution in [2.75, 3.05) is 11.9 Å². The number of nitrogens with two attached hydrogens (primary N) is 1. The van der Waals surface area contributed by atoms with Gasteiger partial charge < -0.3 is 11.1 Å². The average Bonchev–Trinajstić information content (AvgIpc) is 2.83. The van der Waals surface area contributed by atoms with Crippen LogP contribution < -0.4 is 11.1 Å². The zero-order valence-electron chi connectivity index (χ0n) is 10.4. The Morgan fingerprint density at radius 1 is 1.53 bits per heavy atom. The summed E-state index contributed by atoms with van der Waals surface area (Å²) in [6.45, 7) is 2.18. The Morgan fingerprint density at radius 2 is 2.37 bits per heavy atom. The fourth-order valence-electron chi connectivity index (χ4n) is 1.49. The van der Waals surface area contributed by atoms with Crippen LogP contribution in [0, 0.1) is 18.8 Å². The van der Waals surface area contributed by atoms with Gasteiger partial charge in [0.25, 0.3) is 5.91 Å². The number of benzene rings is 1. The molecule has 0 saturated carbocycles. The number of anilines is 1. The van der Waals surface area contributed by atoms with Crippen LogP contribution in [0.5, 0.6) is 0 Å². The first-order chi connectivity index (χ1) is 9.19. The lowest BCUT2D eigenvalue weighted by molar-refractivity contribution is 0.102. The van der Waals surface area contributed by atoms with E-state index in [0.717, 1.165) is 10.6 Å². The van der Waals surface area contributed by atoms with Crippen molar-refractivity contribution in [3.8, 4) is 11.8 Å². The molecule has 19 heavy (non-hydrogen) atoms. The van der Waals surface area contributed by atoms with Gasteiger partial charge in [0.2, 0.25) is 0 Å². The van der Waals surface area contributed by atoms with Gasteiger partial charge in [0.05, 0.1) is 11.6 Å². The molecule has 0 aliphatic carbocycles. The lowest BCUT2D eigenvalue weighted by Gasteiger charge is -2.03. The number of aryl methyl sites for hydroxylation is 1. The summed E-state index contributed by atoms with van der Waals surface area (Å²) in [7, 11) is 0. The number of carbonyl (C=O) groups is 1. The predicted octanol–water partition coefficient (Wildman–Crippen LogP) is 2.01. The van der Waals surface area contributed by atoms with Crippen LogP contribution in [0.15, 0.2) is 29.6 Å².